The average molecular weight is 418 g/mol. The number of aliphatic imine (C=N–C) groups is 1. The molecule has 0 saturated carbocycles. The second-order valence-electron chi connectivity index (χ2n) is 5.30. The van der Waals surface area contributed by atoms with Crippen molar-refractivity contribution in [3.8, 4) is 0 Å². The van der Waals surface area contributed by atoms with E-state index >= 15 is 0 Å². The minimum absolute atomic E-state index is 0. The van der Waals surface area contributed by atoms with Gasteiger partial charge in [-0.15, -0.1) is 24.0 Å². The Hall–Kier alpha value is -0.820. The topological polar surface area (TPSA) is 39.7 Å². The number of guanidine groups is 1. The monoisotopic (exact) mass is 418 g/mol. The van der Waals surface area contributed by atoms with Gasteiger partial charge in [-0.25, -0.2) is 0 Å². The van der Waals surface area contributed by atoms with Crippen LogP contribution in [0.15, 0.2) is 29.3 Å². The predicted octanol–water partition coefficient (Wildman–Crippen LogP) is 3.01. The third kappa shape index (κ3) is 6.96. The van der Waals surface area contributed by atoms with Crippen LogP contribution in [0.3, 0.4) is 0 Å². The van der Waals surface area contributed by atoms with Gasteiger partial charge in [0.1, 0.15) is 0 Å². The van der Waals surface area contributed by atoms with Crippen molar-refractivity contribution in [3.05, 3.63) is 35.4 Å². The van der Waals surface area contributed by atoms with E-state index in [2.05, 4.69) is 72.5 Å². The van der Waals surface area contributed by atoms with Gasteiger partial charge in [-0.3, -0.25) is 9.89 Å². The molecular formula is C17H31IN4. The standard InChI is InChI=1S/C17H30N4.HI/c1-6-21(7-2)15(4)12-19-17(18-5)20-13-16-11-9-8-10-14(16)3;/h8-11,15H,6-7,12-13H2,1-5H3,(H2,18,19,20);1H. The Balaban J connectivity index is 0.00000441. The largest absolute Gasteiger partial charge is 0.355 e. The molecule has 1 aromatic carbocycles. The molecule has 0 fully saturated rings. The van der Waals surface area contributed by atoms with E-state index in [0.717, 1.165) is 32.1 Å². The van der Waals surface area contributed by atoms with Crippen molar-refractivity contribution in [1.29, 1.82) is 0 Å². The maximum atomic E-state index is 4.29. The lowest BCUT2D eigenvalue weighted by atomic mass is 10.1. The molecule has 0 heterocycles. The number of nitrogens with one attached hydrogen (secondary N) is 2. The molecule has 1 atom stereocenters. The first kappa shape index (κ1) is 21.2. The Morgan fingerprint density at radius 2 is 1.82 bits per heavy atom. The van der Waals surface area contributed by atoms with Gasteiger partial charge in [0.25, 0.3) is 0 Å². The smallest absolute Gasteiger partial charge is 0.191 e. The van der Waals surface area contributed by atoms with E-state index in [0.29, 0.717) is 6.04 Å². The molecule has 0 aromatic heterocycles. The molecule has 0 aliphatic carbocycles. The van der Waals surface area contributed by atoms with Crippen LogP contribution in [0.1, 0.15) is 31.9 Å². The Morgan fingerprint density at radius 3 is 2.36 bits per heavy atom. The summed E-state index contributed by atoms with van der Waals surface area (Å²) in [5, 5.41) is 6.78. The maximum absolute atomic E-state index is 4.29. The van der Waals surface area contributed by atoms with Crippen LogP contribution in [0.5, 0.6) is 0 Å². The highest BCUT2D eigenvalue weighted by Crippen LogP contribution is 2.05. The fraction of sp³-hybridized carbons (Fsp3) is 0.588. The molecule has 22 heavy (non-hydrogen) atoms. The van der Waals surface area contributed by atoms with E-state index in [4.69, 9.17) is 0 Å². The Kier molecular flexibility index (Phi) is 11.3. The van der Waals surface area contributed by atoms with Crippen LogP contribution in [0.4, 0.5) is 0 Å². The zero-order chi connectivity index (χ0) is 15.7. The number of benzene rings is 1. The summed E-state index contributed by atoms with van der Waals surface area (Å²) in [4.78, 5) is 6.72. The molecule has 1 aromatic rings. The zero-order valence-electron chi connectivity index (χ0n) is 14.5. The summed E-state index contributed by atoms with van der Waals surface area (Å²) < 4.78 is 0. The molecule has 0 spiro atoms. The summed E-state index contributed by atoms with van der Waals surface area (Å²) in [6.07, 6.45) is 0. The third-order valence-electron chi connectivity index (χ3n) is 3.93. The van der Waals surface area contributed by atoms with Crippen molar-refractivity contribution in [2.45, 2.75) is 40.3 Å². The van der Waals surface area contributed by atoms with Gasteiger partial charge in [0.05, 0.1) is 0 Å². The highest BCUT2D eigenvalue weighted by molar-refractivity contribution is 14.0. The van der Waals surface area contributed by atoms with E-state index in [1.165, 1.54) is 11.1 Å². The summed E-state index contributed by atoms with van der Waals surface area (Å²) in [5.74, 6) is 0.859. The van der Waals surface area contributed by atoms with Crippen LogP contribution >= 0.6 is 24.0 Å². The normalized spacial score (nSPS) is 12.7. The zero-order valence-corrected chi connectivity index (χ0v) is 16.8. The summed E-state index contributed by atoms with van der Waals surface area (Å²) in [5.41, 5.74) is 2.61. The number of rotatable bonds is 7. The molecule has 1 unspecified atom stereocenters. The van der Waals surface area contributed by atoms with Gasteiger partial charge >= 0.3 is 0 Å². The van der Waals surface area contributed by atoms with E-state index < -0.39 is 0 Å². The third-order valence-corrected chi connectivity index (χ3v) is 3.93. The molecule has 0 aliphatic heterocycles. The molecule has 1 rings (SSSR count). The lowest BCUT2D eigenvalue weighted by Crippen LogP contribution is -2.45. The summed E-state index contributed by atoms with van der Waals surface area (Å²) in [6, 6.07) is 8.92. The van der Waals surface area contributed by atoms with E-state index in [-0.39, 0.29) is 24.0 Å². The van der Waals surface area contributed by atoms with Crippen LogP contribution in [-0.4, -0.2) is 43.6 Å². The van der Waals surface area contributed by atoms with Crippen LogP contribution < -0.4 is 10.6 Å². The molecule has 126 valence electrons. The van der Waals surface area contributed by atoms with Crippen LogP contribution in [-0.2, 0) is 6.54 Å². The highest BCUT2D eigenvalue weighted by atomic mass is 127. The SMILES string of the molecule is CCN(CC)C(C)CNC(=NC)NCc1ccccc1C.I. The predicted molar refractivity (Wildman–Crippen MR) is 107 cm³/mol. The van der Waals surface area contributed by atoms with Crippen LogP contribution in [0.2, 0.25) is 0 Å². The number of hydrogen-bond acceptors (Lipinski definition) is 2. The maximum Gasteiger partial charge on any atom is 0.191 e. The highest BCUT2D eigenvalue weighted by Gasteiger charge is 2.10. The molecule has 0 saturated heterocycles. The van der Waals surface area contributed by atoms with Gasteiger partial charge in [0.15, 0.2) is 5.96 Å². The first-order valence-corrected chi connectivity index (χ1v) is 7.85. The number of aryl methyl sites for hydroxylation is 1. The average Bonchev–Trinajstić information content (AvgIpc) is 2.50. The summed E-state index contributed by atoms with van der Waals surface area (Å²) in [7, 11) is 1.81. The van der Waals surface area contributed by atoms with Crippen molar-refractivity contribution in [1.82, 2.24) is 15.5 Å². The van der Waals surface area contributed by atoms with E-state index in [9.17, 15) is 0 Å². The number of likely N-dealkylation sites (N-methyl/N-ethyl adjacent to an activating group) is 1. The molecule has 4 nitrogen and oxygen atoms in total. The molecule has 2 N–H and O–H groups in total. The molecule has 0 aliphatic rings. The summed E-state index contributed by atoms with van der Waals surface area (Å²) >= 11 is 0. The van der Waals surface area contributed by atoms with Crippen molar-refractivity contribution in [3.63, 3.8) is 0 Å². The van der Waals surface area contributed by atoms with Crippen molar-refractivity contribution >= 4 is 29.9 Å². The first-order chi connectivity index (χ1) is 10.1. The Labute approximate surface area is 152 Å². The summed E-state index contributed by atoms with van der Waals surface area (Å²) in [6.45, 7) is 12.6. The molecule has 5 heteroatoms. The molecule has 0 amide bonds. The number of halogens is 1. The van der Waals surface area contributed by atoms with Gasteiger partial charge < -0.3 is 10.6 Å². The van der Waals surface area contributed by atoms with Crippen LogP contribution in [0, 0.1) is 6.92 Å². The van der Waals surface area contributed by atoms with Gasteiger partial charge in [-0.1, -0.05) is 38.1 Å². The van der Waals surface area contributed by atoms with Crippen molar-refractivity contribution < 1.29 is 0 Å². The minimum atomic E-state index is 0. The lowest BCUT2D eigenvalue weighted by molar-refractivity contribution is 0.231. The van der Waals surface area contributed by atoms with Gasteiger partial charge in [0, 0.05) is 26.2 Å². The molecular weight excluding hydrogens is 387 g/mol. The quantitative estimate of drug-likeness (QED) is 0.406. The molecule has 0 radical (unpaired) electrons. The minimum Gasteiger partial charge on any atom is -0.355 e. The Bertz CT molecular complexity index is 444. The van der Waals surface area contributed by atoms with Gasteiger partial charge in [-0.2, -0.15) is 0 Å². The van der Waals surface area contributed by atoms with Crippen molar-refractivity contribution in [2.24, 2.45) is 4.99 Å². The lowest BCUT2D eigenvalue weighted by Gasteiger charge is -2.27. The fourth-order valence-electron chi connectivity index (χ4n) is 2.43. The first-order valence-electron chi connectivity index (χ1n) is 7.85. The van der Waals surface area contributed by atoms with Gasteiger partial charge in [-0.05, 0) is 38.1 Å². The Morgan fingerprint density at radius 1 is 1.18 bits per heavy atom. The van der Waals surface area contributed by atoms with E-state index in [1.54, 1.807) is 0 Å². The second kappa shape index (κ2) is 11.7. The fourth-order valence-corrected chi connectivity index (χ4v) is 2.43. The number of hydrogen-bond donors (Lipinski definition) is 2. The molecule has 0 bridgehead atoms. The number of nitrogens with zero attached hydrogens (tertiary/aromatic N) is 2. The van der Waals surface area contributed by atoms with Crippen molar-refractivity contribution in [2.75, 3.05) is 26.7 Å². The van der Waals surface area contributed by atoms with E-state index in [1.807, 2.05) is 7.05 Å². The van der Waals surface area contributed by atoms with Crippen LogP contribution in [0.25, 0.3) is 0 Å². The second-order valence-corrected chi connectivity index (χ2v) is 5.30. The van der Waals surface area contributed by atoms with Gasteiger partial charge in [0.2, 0.25) is 0 Å².